The highest BCUT2D eigenvalue weighted by molar-refractivity contribution is 5.92. The summed E-state index contributed by atoms with van der Waals surface area (Å²) in [6.07, 6.45) is 1.94. The van der Waals surface area contributed by atoms with Gasteiger partial charge in [-0.05, 0) is 27.9 Å². The van der Waals surface area contributed by atoms with Gasteiger partial charge in [0, 0.05) is 25.8 Å². The number of carbonyl (C=O) groups excluding carboxylic acids is 1. The molecule has 4 nitrogen and oxygen atoms in total. The minimum Gasteiger partial charge on any atom is -0.349 e. The van der Waals surface area contributed by atoms with E-state index in [2.05, 4.69) is 11.9 Å². The van der Waals surface area contributed by atoms with Crippen molar-refractivity contribution in [3.63, 3.8) is 0 Å². The van der Waals surface area contributed by atoms with Crippen molar-refractivity contribution in [1.82, 2.24) is 15.1 Å². The average molecular weight is 225 g/mol. The van der Waals surface area contributed by atoms with Crippen LogP contribution < -0.4 is 5.32 Å². The number of nitrogens with one attached hydrogen (secondary N) is 1. The van der Waals surface area contributed by atoms with Gasteiger partial charge in [-0.1, -0.05) is 12.7 Å². The molecule has 0 saturated heterocycles. The summed E-state index contributed by atoms with van der Waals surface area (Å²) in [5.41, 5.74) is 1.47. The summed E-state index contributed by atoms with van der Waals surface area (Å²) in [7, 11) is 5.78. The summed E-state index contributed by atoms with van der Waals surface area (Å²) >= 11 is 0. The zero-order valence-electron chi connectivity index (χ0n) is 11.0. The molecule has 0 heterocycles. The Bertz CT molecular complexity index is 282. The third kappa shape index (κ3) is 4.98. The zero-order valence-corrected chi connectivity index (χ0v) is 11.0. The summed E-state index contributed by atoms with van der Waals surface area (Å²) < 4.78 is 0. The molecule has 16 heavy (non-hydrogen) atoms. The molecule has 0 rings (SSSR count). The molecular weight excluding hydrogens is 202 g/mol. The van der Waals surface area contributed by atoms with Gasteiger partial charge in [0.15, 0.2) is 0 Å². The number of carbonyl (C=O) groups is 1. The molecule has 0 spiro atoms. The Hall–Kier alpha value is -1.29. The normalized spacial score (nSPS) is 11.5. The number of hydrogen-bond acceptors (Lipinski definition) is 3. The van der Waals surface area contributed by atoms with Crippen LogP contribution in [0.3, 0.4) is 0 Å². The number of rotatable bonds is 6. The fourth-order valence-electron chi connectivity index (χ4n) is 1.05. The number of allylic oxidation sites excluding steroid dienone is 2. The molecule has 1 amide bonds. The summed E-state index contributed by atoms with van der Waals surface area (Å²) in [6.45, 7) is 9.11. The lowest BCUT2D eigenvalue weighted by Crippen LogP contribution is -2.35. The van der Waals surface area contributed by atoms with E-state index >= 15 is 0 Å². The number of nitrogens with zero attached hydrogens (tertiary/aromatic N) is 2. The third-order valence-electron chi connectivity index (χ3n) is 2.46. The summed E-state index contributed by atoms with van der Waals surface area (Å²) in [6, 6.07) is 0. The van der Waals surface area contributed by atoms with Crippen LogP contribution >= 0.6 is 0 Å². The van der Waals surface area contributed by atoms with Gasteiger partial charge in [-0.15, -0.1) is 0 Å². The fourth-order valence-corrected chi connectivity index (χ4v) is 1.05. The Morgan fingerprint density at radius 2 is 1.94 bits per heavy atom. The van der Waals surface area contributed by atoms with E-state index in [9.17, 15) is 4.79 Å². The van der Waals surface area contributed by atoms with Crippen molar-refractivity contribution in [3.8, 4) is 0 Å². The van der Waals surface area contributed by atoms with Crippen molar-refractivity contribution in [3.05, 3.63) is 24.0 Å². The van der Waals surface area contributed by atoms with Gasteiger partial charge in [0.25, 0.3) is 5.91 Å². The standard InChI is InChI=1S/C12H23N3O/c1-7-10(2)15(6)11(3)12(16)13-8-9-14(4)5/h7H,3,8-9H2,1-2,4-6H3,(H,13,16)/b10-7-. The molecule has 4 heteroatoms. The Morgan fingerprint density at radius 1 is 1.38 bits per heavy atom. The molecule has 0 aliphatic heterocycles. The maximum atomic E-state index is 11.7. The molecule has 0 aromatic rings. The largest absolute Gasteiger partial charge is 0.349 e. The van der Waals surface area contributed by atoms with Crippen LogP contribution in [-0.4, -0.2) is 49.9 Å². The van der Waals surface area contributed by atoms with Gasteiger partial charge in [-0.2, -0.15) is 0 Å². The minimum absolute atomic E-state index is 0.120. The molecule has 0 saturated carbocycles. The monoisotopic (exact) mass is 225 g/mol. The van der Waals surface area contributed by atoms with Crippen LogP contribution in [0.25, 0.3) is 0 Å². The van der Waals surface area contributed by atoms with Crippen LogP contribution in [0.5, 0.6) is 0 Å². The molecule has 0 aliphatic rings. The lowest BCUT2D eigenvalue weighted by atomic mass is 10.3. The minimum atomic E-state index is -0.120. The molecule has 0 bridgehead atoms. The van der Waals surface area contributed by atoms with Crippen molar-refractivity contribution >= 4 is 5.91 Å². The molecule has 0 unspecified atom stereocenters. The molecule has 92 valence electrons. The molecule has 0 radical (unpaired) electrons. The van der Waals surface area contributed by atoms with E-state index in [1.54, 1.807) is 4.90 Å². The Morgan fingerprint density at radius 3 is 2.38 bits per heavy atom. The molecule has 0 aromatic heterocycles. The van der Waals surface area contributed by atoms with Gasteiger partial charge in [0.1, 0.15) is 0 Å². The predicted molar refractivity (Wildman–Crippen MR) is 67.9 cm³/mol. The Labute approximate surface area is 98.6 Å². The maximum Gasteiger partial charge on any atom is 0.267 e. The lowest BCUT2D eigenvalue weighted by Gasteiger charge is -2.21. The molecule has 0 fully saturated rings. The molecule has 1 N–H and O–H groups in total. The van der Waals surface area contributed by atoms with Gasteiger partial charge >= 0.3 is 0 Å². The van der Waals surface area contributed by atoms with Crippen LogP contribution in [0.1, 0.15) is 13.8 Å². The first-order chi connectivity index (χ1) is 7.40. The van der Waals surface area contributed by atoms with Crippen molar-refractivity contribution in [2.24, 2.45) is 0 Å². The van der Waals surface area contributed by atoms with E-state index in [0.717, 1.165) is 12.2 Å². The highest BCUT2D eigenvalue weighted by Gasteiger charge is 2.11. The van der Waals surface area contributed by atoms with Crippen molar-refractivity contribution in [2.45, 2.75) is 13.8 Å². The number of likely N-dealkylation sites (N-methyl/N-ethyl adjacent to an activating group) is 2. The number of amides is 1. The zero-order chi connectivity index (χ0) is 12.7. The first kappa shape index (κ1) is 14.7. The molecular formula is C12H23N3O. The van der Waals surface area contributed by atoms with E-state index < -0.39 is 0 Å². The topological polar surface area (TPSA) is 35.6 Å². The van der Waals surface area contributed by atoms with Gasteiger partial charge in [-0.25, -0.2) is 0 Å². The van der Waals surface area contributed by atoms with Crippen molar-refractivity contribution in [2.75, 3.05) is 34.2 Å². The van der Waals surface area contributed by atoms with E-state index in [1.165, 1.54) is 0 Å². The van der Waals surface area contributed by atoms with Crippen LogP contribution in [0.15, 0.2) is 24.0 Å². The Kier molecular flexibility index (Phi) is 6.49. The second-order valence-electron chi connectivity index (χ2n) is 3.99. The van der Waals surface area contributed by atoms with Crippen LogP contribution in [0, 0.1) is 0 Å². The average Bonchev–Trinajstić information content (AvgIpc) is 2.25. The van der Waals surface area contributed by atoms with E-state index in [1.807, 2.05) is 46.0 Å². The van der Waals surface area contributed by atoms with E-state index in [4.69, 9.17) is 0 Å². The summed E-state index contributed by atoms with van der Waals surface area (Å²) in [4.78, 5) is 15.5. The molecule has 0 atom stereocenters. The van der Waals surface area contributed by atoms with Crippen LogP contribution in [-0.2, 0) is 4.79 Å². The van der Waals surface area contributed by atoms with E-state index in [-0.39, 0.29) is 5.91 Å². The second-order valence-corrected chi connectivity index (χ2v) is 3.99. The highest BCUT2D eigenvalue weighted by atomic mass is 16.2. The van der Waals surface area contributed by atoms with Gasteiger partial charge < -0.3 is 15.1 Å². The maximum absolute atomic E-state index is 11.7. The first-order valence-electron chi connectivity index (χ1n) is 5.38. The second kappa shape index (κ2) is 7.06. The fraction of sp³-hybridized carbons (Fsp3) is 0.583. The summed E-state index contributed by atoms with van der Waals surface area (Å²) in [5, 5.41) is 2.82. The first-order valence-corrected chi connectivity index (χ1v) is 5.38. The van der Waals surface area contributed by atoms with Gasteiger partial charge in [0.05, 0.1) is 5.70 Å². The SMILES string of the molecule is C=C(C(=O)NCCN(C)C)N(C)/C(C)=C\C. The molecule has 0 aromatic carbocycles. The van der Waals surface area contributed by atoms with Crippen LogP contribution in [0.2, 0.25) is 0 Å². The lowest BCUT2D eigenvalue weighted by molar-refractivity contribution is -0.118. The van der Waals surface area contributed by atoms with Gasteiger partial charge in [0.2, 0.25) is 0 Å². The number of hydrogen-bond donors (Lipinski definition) is 1. The van der Waals surface area contributed by atoms with Crippen LogP contribution in [0.4, 0.5) is 0 Å². The Balaban J connectivity index is 4.14. The van der Waals surface area contributed by atoms with E-state index in [0.29, 0.717) is 12.2 Å². The quantitative estimate of drug-likeness (QED) is 0.686. The van der Waals surface area contributed by atoms with Gasteiger partial charge in [-0.3, -0.25) is 4.79 Å². The smallest absolute Gasteiger partial charge is 0.267 e. The van der Waals surface area contributed by atoms with Crippen molar-refractivity contribution < 1.29 is 4.79 Å². The van der Waals surface area contributed by atoms with Crippen molar-refractivity contribution in [1.29, 1.82) is 0 Å². The summed E-state index contributed by atoms with van der Waals surface area (Å²) in [5.74, 6) is -0.120. The third-order valence-corrected chi connectivity index (χ3v) is 2.46. The molecule has 0 aliphatic carbocycles. The highest BCUT2D eigenvalue weighted by Crippen LogP contribution is 2.07. The predicted octanol–water partition coefficient (Wildman–Crippen LogP) is 1.03.